The fourth-order valence-corrected chi connectivity index (χ4v) is 3.29. The van der Waals surface area contributed by atoms with Crippen LogP contribution in [0.15, 0.2) is 24.3 Å². The Morgan fingerprint density at radius 3 is 2.92 bits per heavy atom. The molecule has 2 aliphatic heterocycles. The molecule has 2 atom stereocenters. The molecule has 0 aromatic heterocycles. The van der Waals surface area contributed by atoms with E-state index in [2.05, 4.69) is 0 Å². The zero-order chi connectivity index (χ0) is 16.9. The Hall–Kier alpha value is -1.92. The van der Waals surface area contributed by atoms with Crippen LogP contribution in [0.1, 0.15) is 24.8 Å². The number of hydrogen-bond donors (Lipinski definition) is 0. The maximum Gasteiger partial charge on any atom is 0.329 e. The molecule has 1 fully saturated rings. The van der Waals surface area contributed by atoms with E-state index >= 15 is 0 Å². The summed E-state index contributed by atoms with van der Waals surface area (Å²) >= 11 is 0. The van der Waals surface area contributed by atoms with Crippen LogP contribution in [0.5, 0.6) is 0 Å². The van der Waals surface area contributed by atoms with Crippen LogP contribution in [-0.2, 0) is 30.2 Å². The summed E-state index contributed by atoms with van der Waals surface area (Å²) in [4.78, 5) is 26.2. The van der Waals surface area contributed by atoms with Gasteiger partial charge in [-0.25, -0.2) is 4.79 Å². The van der Waals surface area contributed by atoms with E-state index in [1.165, 1.54) is 7.11 Å². The predicted octanol–water partition coefficient (Wildman–Crippen LogP) is 1.70. The first kappa shape index (κ1) is 16.9. The molecule has 0 spiro atoms. The number of esters is 1. The van der Waals surface area contributed by atoms with Gasteiger partial charge in [-0.05, 0) is 24.5 Å². The van der Waals surface area contributed by atoms with Gasteiger partial charge < -0.3 is 14.2 Å². The molecule has 2 unspecified atom stereocenters. The largest absolute Gasteiger partial charge is 0.467 e. The highest BCUT2D eigenvalue weighted by Gasteiger charge is 2.38. The highest BCUT2D eigenvalue weighted by molar-refractivity contribution is 6.02. The normalized spacial score (nSPS) is 22.5. The summed E-state index contributed by atoms with van der Waals surface area (Å²) in [7, 11) is 1.35. The Bertz CT molecular complexity index is 597. The highest BCUT2D eigenvalue weighted by Crippen LogP contribution is 2.33. The molecule has 0 aliphatic carbocycles. The number of benzene rings is 1. The third-order valence-electron chi connectivity index (χ3n) is 4.51. The third kappa shape index (κ3) is 3.60. The Morgan fingerprint density at radius 2 is 2.17 bits per heavy atom. The molecule has 6 nitrogen and oxygen atoms in total. The fourth-order valence-electron chi connectivity index (χ4n) is 3.29. The van der Waals surface area contributed by atoms with Crippen molar-refractivity contribution in [2.75, 3.05) is 31.8 Å². The van der Waals surface area contributed by atoms with Gasteiger partial charge in [0.1, 0.15) is 6.04 Å². The van der Waals surface area contributed by atoms with Crippen LogP contribution in [-0.4, -0.2) is 51.0 Å². The monoisotopic (exact) mass is 333 g/mol. The first-order valence-corrected chi connectivity index (χ1v) is 8.38. The first-order chi connectivity index (χ1) is 11.7. The molecular formula is C18H23NO5. The van der Waals surface area contributed by atoms with Gasteiger partial charge in [-0.1, -0.05) is 18.2 Å². The number of carbonyl (C=O) groups is 2. The molecule has 24 heavy (non-hydrogen) atoms. The summed E-state index contributed by atoms with van der Waals surface area (Å²) in [6.07, 6.45) is 2.95. The molecular weight excluding hydrogens is 310 g/mol. The molecule has 0 radical (unpaired) electrons. The first-order valence-electron chi connectivity index (χ1n) is 8.38. The summed E-state index contributed by atoms with van der Waals surface area (Å²) in [6.45, 7) is 1.63. The number of carbonyl (C=O) groups excluding carboxylic acids is 2. The van der Waals surface area contributed by atoms with Crippen molar-refractivity contribution >= 4 is 17.6 Å². The molecule has 0 N–H and O–H groups in total. The number of fused-ring (bicyclic) bond motifs is 1. The van der Waals surface area contributed by atoms with Crippen molar-refractivity contribution in [2.45, 2.75) is 37.8 Å². The number of rotatable bonds is 6. The lowest BCUT2D eigenvalue weighted by Gasteiger charge is -2.23. The van der Waals surface area contributed by atoms with E-state index in [0.717, 1.165) is 30.7 Å². The molecule has 1 aromatic carbocycles. The van der Waals surface area contributed by atoms with Gasteiger partial charge >= 0.3 is 5.97 Å². The number of para-hydroxylation sites is 1. The zero-order valence-electron chi connectivity index (χ0n) is 13.9. The van der Waals surface area contributed by atoms with Crippen LogP contribution in [0, 0.1) is 0 Å². The van der Waals surface area contributed by atoms with Crippen molar-refractivity contribution in [3.63, 3.8) is 0 Å². The zero-order valence-corrected chi connectivity index (χ0v) is 13.9. The van der Waals surface area contributed by atoms with Crippen LogP contribution in [0.3, 0.4) is 0 Å². The van der Waals surface area contributed by atoms with Crippen molar-refractivity contribution in [3.05, 3.63) is 29.8 Å². The molecule has 0 bridgehead atoms. The van der Waals surface area contributed by atoms with Crippen molar-refractivity contribution in [1.29, 1.82) is 0 Å². The second kappa shape index (κ2) is 7.77. The van der Waals surface area contributed by atoms with Crippen LogP contribution in [0.4, 0.5) is 5.69 Å². The van der Waals surface area contributed by atoms with E-state index in [9.17, 15) is 9.59 Å². The average Bonchev–Trinajstić information content (AvgIpc) is 3.25. The van der Waals surface area contributed by atoms with Crippen LogP contribution < -0.4 is 4.90 Å². The molecule has 2 aliphatic rings. The number of ether oxygens (including phenoxy) is 3. The fraction of sp³-hybridized carbons (Fsp3) is 0.556. The minimum Gasteiger partial charge on any atom is -0.467 e. The van der Waals surface area contributed by atoms with Gasteiger partial charge in [0.05, 0.1) is 32.8 Å². The highest BCUT2D eigenvalue weighted by atomic mass is 16.5. The van der Waals surface area contributed by atoms with Gasteiger partial charge in [0, 0.05) is 18.7 Å². The Kier molecular flexibility index (Phi) is 5.48. The van der Waals surface area contributed by atoms with Crippen molar-refractivity contribution in [2.24, 2.45) is 0 Å². The van der Waals surface area contributed by atoms with Gasteiger partial charge in [0.25, 0.3) is 0 Å². The van der Waals surface area contributed by atoms with Crippen molar-refractivity contribution < 1.29 is 23.8 Å². The van der Waals surface area contributed by atoms with E-state index in [0.29, 0.717) is 19.6 Å². The van der Waals surface area contributed by atoms with E-state index < -0.39 is 6.04 Å². The molecule has 2 heterocycles. The molecule has 0 saturated carbocycles. The van der Waals surface area contributed by atoms with Gasteiger partial charge in [0.15, 0.2) is 0 Å². The molecule has 3 rings (SSSR count). The molecule has 1 saturated heterocycles. The number of anilines is 1. The lowest BCUT2D eigenvalue weighted by atomic mass is 10.1. The average molecular weight is 333 g/mol. The minimum atomic E-state index is -0.585. The molecule has 130 valence electrons. The van der Waals surface area contributed by atoms with Gasteiger partial charge in [-0.15, -0.1) is 0 Å². The molecule has 1 aromatic rings. The quantitative estimate of drug-likeness (QED) is 0.586. The third-order valence-corrected chi connectivity index (χ3v) is 4.51. The van der Waals surface area contributed by atoms with Gasteiger partial charge in [0.2, 0.25) is 5.91 Å². The van der Waals surface area contributed by atoms with Gasteiger partial charge in [-0.3, -0.25) is 9.69 Å². The van der Waals surface area contributed by atoms with Crippen LogP contribution in [0.2, 0.25) is 0 Å². The number of methoxy groups -OCH3 is 1. The molecule has 1 amide bonds. The summed E-state index contributed by atoms with van der Waals surface area (Å²) in [5.74, 6) is -0.512. The van der Waals surface area contributed by atoms with Crippen molar-refractivity contribution in [1.82, 2.24) is 0 Å². The maximum atomic E-state index is 12.6. The van der Waals surface area contributed by atoms with Gasteiger partial charge in [-0.2, -0.15) is 0 Å². The summed E-state index contributed by atoms with van der Waals surface area (Å²) in [5, 5.41) is 0. The van der Waals surface area contributed by atoms with E-state index in [1.54, 1.807) is 4.90 Å². The molecule has 6 heteroatoms. The van der Waals surface area contributed by atoms with Crippen LogP contribution in [0.25, 0.3) is 0 Å². The van der Waals surface area contributed by atoms with E-state index in [1.807, 2.05) is 24.3 Å². The number of hydrogen-bond acceptors (Lipinski definition) is 5. The Morgan fingerprint density at radius 1 is 1.33 bits per heavy atom. The summed E-state index contributed by atoms with van der Waals surface area (Å²) < 4.78 is 15.9. The van der Waals surface area contributed by atoms with Crippen molar-refractivity contribution in [3.8, 4) is 0 Å². The lowest BCUT2D eigenvalue weighted by Crippen LogP contribution is -2.43. The predicted molar refractivity (Wildman–Crippen MR) is 87.8 cm³/mol. The Balaban J connectivity index is 1.59. The Labute approximate surface area is 141 Å². The van der Waals surface area contributed by atoms with Crippen LogP contribution >= 0.6 is 0 Å². The standard InChI is InChI=1S/C18H23NO5/c1-22-18(21)16-11-13-5-2-3-7-15(13)19(16)17(20)8-10-23-12-14-6-4-9-24-14/h2-3,5,7,14,16H,4,6,8-12H2,1H3. The second-order valence-corrected chi connectivity index (χ2v) is 6.10. The summed E-state index contributed by atoms with van der Waals surface area (Å²) in [6, 6.07) is 6.99. The number of amides is 1. The summed E-state index contributed by atoms with van der Waals surface area (Å²) in [5.41, 5.74) is 1.78. The smallest absolute Gasteiger partial charge is 0.329 e. The SMILES string of the molecule is COC(=O)C1Cc2ccccc2N1C(=O)CCOCC1CCCO1. The lowest BCUT2D eigenvalue weighted by molar-refractivity contribution is -0.143. The van der Waals surface area contributed by atoms with E-state index in [-0.39, 0.29) is 24.4 Å². The maximum absolute atomic E-state index is 12.6. The topological polar surface area (TPSA) is 65.1 Å². The minimum absolute atomic E-state index is 0.123. The van der Waals surface area contributed by atoms with E-state index in [4.69, 9.17) is 14.2 Å². The number of nitrogens with zero attached hydrogens (tertiary/aromatic N) is 1. The second-order valence-electron chi connectivity index (χ2n) is 6.10.